The van der Waals surface area contributed by atoms with Gasteiger partial charge in [0.25, 0.3) is 0 Å². The minimum Gasteiger partial charge on any atom is -0.465 e. The number of hydrogen-bond acceptors (Lipinski definition) is 7. The third kappa shape index (κ3) is 7.92. The van der Waals surface area contributed by atoms with E-state index in [1.54, 1.807) is 30.4 Å². The molecule has 1 heterocycles. The average Bonchev–Trinajstić information content (AvgIpc) is 2.72. The molecule has 29 heavy (non-hydrogen) atoms. The Morgan fingerprint density at radius 2 is 1.93 bits per heavy atom. The number of esters is 1. The Kier molecular flexibility index (Phi) is 11.1. The van der Waals surface area contributed by atoms with E-state index in [4.69, 9.17) is 26.1 Å². The highest BCUT2D eigenvalue weighted by atomic mass is 32.2. The van der Waals surface area contributed by atoms with Gasteiger partial charge in [0, 0.05) is 39.5 Å². The van der Waals surface area contributed by atoms with Crippen LogP contribution in [0.3, 0.4) is 0 Å². The molecule has 0 aliphatic rings. The molecule has 0 N–H and O–H groups in total. The van der Waals surface area contributed by atoms with Crippen molar-refractivity contribution in [2.45, 2.75) is 38.0 Å². The van der Waals surface area contributed by atoms with Gasteiger partial charge in [-0.1, -0.05) is 20.3 Å². The molecule has 2 rings (SSSR count). The van der Waals surface area contributed by atoms with Gasteiger partial charge < -0.3 is 13.9 Å². The molecule has 0 spiro atoms. The lowest BCUT2D eigenvalue weighted by molar-refractivity contribution is -0.142. The molecule has 4 nitrogen and oxygen atoms in total. The second-order valence-corrected chi connectivity index (χ2v) is 9.00. The molecule has 0 aliphatic heterocycles. The van der Waals surface area contributed by atoms with E-state index in [0.717, 1.165) is 34.0 Å². The normalized spacial score (nSPS) is 11.1. The summed E-state index contributed by atoms with van der Waals surface area (Å²) in [4.78, 5) is 12.1. The summed E-state index contributed by atoms with van der Waals surface area (Å²) < 4.78 is 30.4. The molecule has 1 aromatic heterocycles. The predicted octanol–water partition coefficient (Wildman–Crippen LogP) is 6.05. The Morgan fingerprint density at radius 1 is 1.17 bits per heavy atom. The highest BCUT2D eigenvalue weighted by Crippen LogP contribution is 2.29. The number of ether oxygens (including phenoxy) is 2. The molecule has 2 aromatic rings. The third-order valence-corrected chi connectivity index (χ3v) is 6.20. The van der Waals surface area contributed by atoms with E-state index in [1.165, 1.54) is 0 Å². The number of fused-ring (bicyclic) bond motifs is 1. The Morgan fingerprint density at radius 3 is 2.69 bits per heavy atom. The van der Waals surface area contributed by atoms with Crippen LogP contribution in [0.4, 0.5) is 4.39 Å². The largest absolute Gasteiger partial charge is 0.465 e. The van der Waals surface area contributed by atoms with Crippen molar-refractivity contribution in [1.29, 1.82) is 0 Å². The molecule has 160 valence electrons. The maximum Gasteiger partial charge on any atom is 0.305 e. The van der Waals surface area contributed by atoms with Gasteiger partial charge >= 0.3 is 5.97 Å². The van der Waals surface area contributed by atoms with E-state index in [2.05, 4.69) is 0 Å². The van der Waals surface area contributed by atoms with Gasteiger partial charge in [-0.15, -0.1) is 11.8 Å². The smallest absolute Gasteiger partial charge is 0.305 e. The predicted molar refractivity (Wildman–Crippen MR) is 121 cm³/mol. The maximum absolute atomic E-state index is 14.4. The Labute approximate surface area is 184 Å². The minimum atomic E-state index is -0.415. The Balaban J connectivity index is 1.73. The van der Waals surface area contributed by atoms with Gasteiger partial charge in [0.05, 0.1) is 13.2 Å². The van der Waals surface area contributed by atoms with Crippen molar-refractivity contribution in [3.63, 3.8) is 0 Å². The van der Waals surface area contributed by atoms with Crippen LogP contribution in [-0.2, 0) is 20.7 Å². The van der Waals surface area contributed by atoms with Gasteiger partial charge in [-0.25, -0.2) is 4.39 Å². The fourth-order valence-corrected chi connectivity index (χ4v) is 4.32. The van der Waals surface area contributed by atoms with Gasteiger partial charge in [-0.3, -0.25) is 4.79 Å². The van der Waals surface area contributed by atoms with Crippen molar-refractivity contribution in [3.05, 3.63) is 34.3 Å². The van der Waals surface area contributed by atoms with Gasteiger partial charge in [0.2, 0.25) is 4.71 Å². The number of hydrogen-bond donors (Lipinski definition) is 0. The van der Waals surface area contributed by atoms with Crippen LogP contribution in [0.1, 0.15) is 32.3 Å². The first-order chi connectivity index (χ1) is 14.1. The van der Waals surface area contributed by atoms with Crippen LogP contribution in [0.15, 0.2) is 27.5 Å². The number of aryl methyl sites for hydroxylation is 1. The van der Waals surface area contributed by atoms with Crippen molar-refractivity contribution >= 4 is 52.7 Å². The molecule has 0 bridgehead atoms. The highest BCUT2D eigenvalue weighted by molar-refractivity contribution is 7.99. The summed E-state index contributed by atoms with van der Waals surface area (Å²) in [5.74, 6) is 1.90. The molecule has 8 heteroatoms. The SMILES string of the molecule is CCCc1c(F)c(=S)oc2ccc(SCCOCCSCCOC(=O)CC)cc12. The standard InChI is InChI=1S/C21H27FO4S3/c1-3-5-16-17-14-15(6-7-18(17)26-21(27)20(16)22)29-13-9-24-8-11-28-12-10-25-19(23)4-2/h6-7,14H,3-5,8-13H2,1-2H3. The summed E-state index contributed by atoms with van der Waals surface area (Å²) in [5.41, 5.74) is 1.26. The number of carbonyl (C=O) groups is 1. The molecular formula is C21H27FO4S3. The van der Waals surface area contributed by atoms with Crippen LogP contribution in [0.5, 0.6) is 0 Å². The fraction of sp³-hybridized carbons (Fsp3) is 0.524. The number of halogens is 1. The van der Waals surface area contributed by atoms with Gasteiger partial charge in [0.15, 0.2) is 5.82 Å². The zero-order valence-electron chi connectivity index (χ0n) is 16.8. The average molecular weight is 459 g/mol. The van der Waals surface area contributed by atoms with Gasteiger partial charge in [-0.05, 0) is 36.8 Å². The first kappa shape index (κ1) is 24.2. The zero-order valence-corrected chi connectivity index (χ0v) is 19.3. The summed E-state index contributed by atoms with van der Waals surface area (Å²) in [6, 6.07) is 5.79. The number of benzene rings is 1. The minimum absolute atomic E-state index is 0.0730. The van der Waals surface area contributed by atoms with E-state index < -0.39 is 5.82 Å². The van der Waals surface area contributed by atoms with Gasteiger partial charge in [0.1, 0.15) is 12.2 Å². The monoisotopic (exact) mass is 458 g/mol. The first-order valence-corrected chi connectivity index (χ1v) is 12.3. The Hall–Kier alpha value is -1.09. The maximum atomic E-state index is 14.4. The molecule has 0 saturated heterocycles. The van der Waals surface area contributed by atoms with Crippen molar-refractivity contribution in [3.8, 4) is 0 Å². The summed E-state index contributed by atoms with van der Waals surface area (Å²) >= 11 is 8.37. The molecule has 0 atom stereocenters. The fourth-order valence-electron chi connectivity index (χ4n) is 2.66. The quantitative estimate of drug-likeness (QED) is 0.157. The van der Waals surface area contributed by atoms with E-state index in [-0.39, 0.29) is 10.7 Å². The van der Waals surface area contributed by atoms with Crippen LogP contribution in [-0.4, -0.2) is 43.0 Å². The summed E-state index contributed by atoms with van der Waals surface area (Å²) in [7, 11) is 0. The Bertz CT molecular complexity index is 854. The van der Waals surface area contributed by atoms with Crippen LogP contribution in [0.25, 0.3) is 11.0 Å². The molecule has 0 fully saturated rings. The van der Waals surface area contributed by atoms with Crippen LogP contribution < -0.4 is 0 Å². The van der Waals surface area contributed by atoms with E-state index in [0.29, 0.717) is 43.8 Å². The van der Waals surface area contributed by atoms with Crippen molar-refractivity contribution in [1.82, 2.24) is 0 Å². The number of rotatable bonds is 13. The third-order valence-electron chi connectivity index (χ3n) is 4.07. The molecule has 0 radical (unpaired) electrons. The summed E-state index contributed by atoms with van der Waals surface area (Å²) in [5, 5.41) is 0.795. The molecular weight excluding hydrogens is 431 g/mol. The first-order valence-electron chi connectivity index (χ1n) is 9.76. The second-order valence-electron chi connectivity index (χ2n) is 6.24. The topological polar surface area (TPSA) is 48.7 Å². The van der Waals surface area contributed by atoms with Crippen molar-refractivity contribution < 1.29 is 23.1 Å². The van der Waals surface area contributed by atoms with Crippen LogP contribution in [0.2, 0.25) is 0 Å². The highest BCUT2D eigenvalue weighted by Gasteiger charge is 2.12. The molecule has 0 unspecified atom stereocenters. The van der Waals surface area contributed by atoms with Crippen LogP contribution in [0, 0.1) is 10.5 Å². The van der Waals surface area contributed by atoms with E-state index in [1.807, 2.05) is 25.1 Å². The number of carbonyl (C=O) groups excluding carboxylic acids is 1. The zero-order chi connectivity index (χ0) is 21.1. The van der Waals surface area contributed by atoms with Crippen LogP contribution >= 0.6 is 35.7 Å². The molecule has 0 amide bonds. The van der Waals surface area contributed by atoms with E-state index in [9.17, 15) is 9.18 Å². The second kappa shape index (κ2) is 13.3. The van der Waals surface area contributed by atoms with E-state index >= 15 is 0 Å². The van der Waals surface area contributed by atoms with Gasteiger partial charge in [-0.2, -0.15) is 11.8 Å². The summed E-state index contributed by atoms with van der Waals surface area (Å²) in [6.45, 7) is 5.56. The lowest BCUT2D eigenvalue weighted by Gasteiger charge is -2.09. The number of thioether (sulfide) groups is 2. The van der Waals surface area contributed by atoms with Crippen molar-refractivity contribution in [2.24, 2.45) is 0 Å². The molecule has 0 saturated carbocycles. The van der Waals surface area contributed by atoms with Crippen molar-refractivity contribution in [2.75, 3.05) is 37.1 Å². The lowest BCUT2D eigenvalue weighted by Crippen LogP contribution is -2.07. The lowest BCUT2D eigenvalue weighted by atomic mass is 10.1. The molecule has 0 aliphatic carbocycles. The molecule has 1 aromatic carbocycles. The summed E-state index contributed by atoms with van der Waals surface area (Å²) in [6.07, 6.45) is 1.89.